The predicted molar refractivity (Wildman–Crippen MR) is 119 cm³/mol. The average Bonchev–Trinajstić information content (AvgIpc) is 3.35. The molecule has 0 saturated heterocycles. The number of rotatable bonds is 7. The molecule has 1 N–H and O–H groups in total. The van der Waals surface area contributed by atoms with E-state index >= 15 is 0 Å². The van der Waals surface area contributed by atoms with Gasteiger partial charge in [-0.1, -0.05) is 69.6 Å². The molecule has 0 fully saturated rings. The van der Waals surface area contributed by atoms with Gasteiger partial charge in [0.25, 0.3) is 5.91 Å². The molecule has 0 unspecified atom stereocenters. The number of aryl methyl sites for hydroxylation is 1. The molecule has 6 nitrogen and oxygen atoms in total. The molecule has 0 bridgehead atoms. The Morgan fingerprint density at radius 3 is 2.33 bits per heavy atom. The summed E-state index contributed by atoms with van der Waals surface area (Å²) in [5, 5.41) is 7.43. The van der Waals surface area contributed by atoms with Gasteiger partial charge in [-0.25, -0.2) is 0 Å². The minimum atomic E-state index is -0.421. The Morgan fingerprint density at radius 1 is 1.07 bits per heavy atom. The maximum absolute atomic E-state index is 12.4. The van der Waals surface area contributed by atoms with Crippen LogP contribution in [0.15, 0.2) is 22.7 Å². The molecule has 0 radical (unpaired) electrons. The summed E-state index contributed by atoms with van der Waals surface area (Å²) in [6, 6.07) is 3.09. The summed E-state index contributed by atoms with van der Waals surface area (Å²) >= 11 is 36.3. The van der Waals surface area contributed by atoms with E-state index in [4.69, 9.17) is 78.8 Å². The van der Waals surface area contributed by atoms with Gasteiger partial charge in [0, 0.05) is 6.54 Å². The second-order valence-electron chi connectivity index (χ2n) is 5.89. The number of halogens is 6. The summed E-state index contributed by atoms with van der Waals surface area (Å²) in [7, 11) is 0. The Hall–Kier alpha value is -1.28. The quantitative estimate of drug-likeness (QED) is 0.265. The minimum absolute atomic E-state index is 0.0185. The van der Waals surface area contributed by atoms with Gasteiger partial charge < -0.3 is 14.5 Å². The molecule has 1 amide bonds. The number of hydrogen-bond acceptors (Lipinski definition) is 4. The van der Waals surface area contributed by atoms with Crippen molar-refractivity contribution in [1.82, 2.24) is 15.1 Å². The van der Waals surface area contributed by atoms with Crippen LogP contribution in [0.25, 0.3) is 0 Å². The standard InChI is InChI=1S/C18H13Cl6N3O3/c1-2-27-10(9(19)5-26-27)6-25-18(28)11-4-3-8(30-11)7-29-17-15(23)13(21)12(20)14(22)16(17)24/h3-5H,2,6-7H2,1H3,(H,25,28). The van der Waals surface area contributed by atoms with Gasteiger partial charge >= 0.3 is 0 Å². The molecule has 30 heavy (non-hydrogen) atoms. The van der Waals surface area contributed by atoms with Crippen molar-refractivity contribution in [3.05, 3.63) is 65.7 Å². The Labute approximate surface area is 201 Å². The number of hydrogen-bond donors (Lipinski definition) is 1. The largest absolute Gasteiger partial charge is 0.482 e. The Kier molecular flexibility index (Phi) is 7.71. The van der Waals surface area contributed by atoms with Crippen molar-refractivity contribution in [1.29, 1.82) is 0 Å². The summed E-state index contributed by atoms with van der Waals surface area (Å²) in [4.78, 5) is 12.4. The monoisotopic (exact) mass is 529 g/mol. The number of ether oxygens (including phenoxy) is 1. The van der Waals surface area contributed by atoms with E-state index in [1.165, 1.54) is 12.3 Å². The van der Waals surface area contributed by atoms with Crippen molar-refractivity contribution in [3.8, 4) is 5.75 Å². The third-order valence-corrected chi connectivity index (χ3v) is 6.59. The molecule has 3 aromatic rings. The first-order chi connectivity index (χ1) is 14.2. The van der Waals surface area contributed by atoms with Crippen molar-refractivity contribution < 1.29 is 13.9 Å². The molecule has 0 spiro atoms. The van der Waals surface area contributed by atoms with Gasteiger partial charge in [0.05, 0.1) is 38.5 Å². The topological polar surface area (TPSA) is 69.3 Å². The van der Waals surface area contributed by atoms with E-state index in [-0.39, 0.29) is 49.8 Å². The second-order valence-corrected chi connectivity index (χ2v) is 8.19. The average molecular weight is 532 g/mol. The highest BCUT2D eigenvalue weighted by atomic mass is 35.5. The lowest BCUT2D eigenvalue weighted by Crippen LogP contribution is -2.24. The van der Waals surface area contributed by atoms with Gasteiger partial charge in [-0.3, -0.25) is 9.48 Å². The Balaban J connectivity index is 1.66. The van der Waals surface area contributed by atoms with Gasteiger partial charge in [-0.2, -0.15) is 5.10 Å². The normalized spacial score (nSPS) is 11.0. The summed E-state index contributed by atoms with van der Waals surface area (Å²) < 4.78 is 12.8. The fourth-order valence-electron chi connectivity index (χ4n) is 2.52. The van der Waals surface area contributed by atoms with Crippen LogP contribution in [-0.2, 0) is 19.7 Å². The number of amides is 1. The number of benzene rings is 1. The Morgan fingerprint density at radius 2 is 1.70 bits per heavy atom. The smallest absolute Gasteiger partial charge is 0.287 e. The highest BCUT2D eigenvalue weighted by Gasteiger charge is 2.21. The Bertz CT molecular complexity index is 1070. The van der Waals surface area contributed by atoms with Crippen LogP contribution in [0.1, 0.15) is 28.9 Å². The first-order valence-electron chi connectivity index (χ1n) is 8.45. The highest BCUT2D eigenvalue weighted by Crippen LogP contribution is 2.48. The molecule has 2 heterocycles. The number of furan rings is 1. The lowest BCUT2D eigenvalue weighted by molar-refractivity contribution is 0.0918. The first-order valence-corrected chi connectivity index (χ1v) is 10.7. The van der Waals surface area contributed by atoms with Gasteiger partial charge in [-0.05, 0) is 19.1 Å². The second kappa shape index (κ2) is 9.90. The zero-order valence-electron chi connectivity index (χ0n) is 15.2. The summed E-state index contributed by atoms with van der Waals surface area (Å²) in [6.45, 7) is 2.68. The van der Waals surface area contributed by atoms with Crippen LogP contribution >= 0.6 is 69.6 Å². The molecule has 160 valence electrons. The molecule has 0 aliphatic carbocycles. The van der Waals surface area contributed by atoms with E-state index in [2.05, 4.69) is 10.4 Å². The molecule has 1 aromatic carbocycles. The molecule has 0 atom stereocenters. The van der Waals surface area contributed by atoms with Crippen LogP contribution in [0.2, 0.25) is 30.1 Å². The van der Waals surface area contributed by atoms with Crippen molar-refractivity contribution in [2.45, 2.75) is 26.6 Å². The van der Waals surface area contributed by atoms with Gasteiger partial charge in [0.15, 0.2) is 11.5 Å². The lowest BCUT2D eigenvalue weighted by atomic mass is 10.3. The van der Waals surface area contributed by atoms with Gasteiger partial charge in [-0.15, -0.1) is 0 Å². The number of nitrogens with zero attached hydrogens (tertiary/aromatic N) is 2. The van der Waals surface area contributed by atoms with Crippen LogP contribution in [0, 0.1) is 0 Å². The number of carbonyl (C=O) groups is 1. The van der Waals surface area contributed by atoms with E-state index < -0.39 is 5.91 Å². The van der Waals surface area contributed by atoms with E-state index in [9.17, 15) is 4.79 Å². The van der Waals surface area contributed by atoms with Crippen molar-refractivity contribution in [2.24, 2.45) is 0 Å². The van der Waals surface area contributed by atoms with Crippen LogP contribution < -0.4 is 10.1 Å². The fourth-order valence-corrected chi connectivity index (χ4v) is 3.96. The molecule has 12 heteroatoms. The molecular formula is C18H13Cl6N3O3. The third-order valence-electron chi connectivity index (χ3n) is 4.03. The van der Waals surface area contributed by atoms with Crippen molar-refractivity contribution in [2.75, 3.05) is 0 Å². The zero-order valence-corrected chi connectivity index (χ0v) is 19.8. The fraction of sp³-hybridized carbons (Fsp3) is 0.222. The van der Waals surface area contributed by atoms with Crippen LogP contribution in [0.3, 0.4) is 0 Å². The summed E-state index contributed by atoms with van der Waals surface area (Å²) in [6.07, 6.45) is 1.53. The third kappa shape index (κ3) is 4.79. The van der Waals surface area contributed by atoms with Gasteiger partial charge in [0.1, 0.15) is 22.4 Å². The number of nitrogens with one attached hydrogen (secondary N) is 1. The van der Waals surface area contributed by atoms with Gasteiger partial charge in [0.2, 0.25) is 0 Å². The first kappa shape index (κ1) is 23.4. The summed E-state index contributed by atoms with van der Waals surface area (Å²) in [5.41, 5.74) is 0.698. The highest BCUT2D eigenvalue weighted by molar-refractivity contribution is 6.55. The van der Waals surface area contributed by atoms with E-state index in [1.807, 2.05) is 6.92 Å². The van der Waals surface area contributed by atoms with Crippen LogP contribution in [-0.4, -0.2) is 15.7 Å². The molecule has 0 saturated carbocycles. The lowest BCUT2D eigenvalue weighted by Gasteiger charge is -2.12. The van der Waals surface area contributed by atoms with E-state index in [0.717, 1.165) is 0 Å². The minimum Gasteiger partial charge on any atom is -0.482 e. The number of carbonyl (C=O) groups excluding carboxylic acids is 1. The molecule has 0 aliphatic heterocycles. The van der Waals surface area contributed by atoms with Crippen LogP contribution in [0.5, 0.6) is 5.75 Å². The summed E-state index contributed by atoms with van der Waals surface area (Å²) in [5.74, 6) is 0.0835. The van der Waals surface area contributed by atoms with Crippen LogP contribution in [0.4, 0.5) is 0 Å². The molecule has 3 rings (SSSR count). The van der Waals surface area contributed by atoms with E-state index in [0.29, 0.717) is 23.0 Å². The molecular weight excluding hydrogens is 519 g/mol. The SMILES string of the molecule is CCn1ncc(Cl)c1CNC(=O)c1ccc(COc2c(Cl)c(Cl)c(Cl)c(Cl)c2Cl)o1. The van der Waals surface area contributed by atoms with Crippen molar-refractivity contribution in [3.63, 3.8) is 0 Å². The number of aromatic nitrogens is 2. The zero-order chi connectivity index (χ0) is 22.0. The van der Waals surface area contributed by atoms with E-state index in [1.54, 1.807) is 10.7 Å². The van der Waals surface area contributed by atoms with Crippen molar-refractivity contribution >= 4 is 75.5 Å². The predicted octanol–water partition coefficient (Wildman–Crippen LogP) is 6.93. The maximum Gasteiger partial charge on any atom is 0.287 e. The molecule has 0 aliphatic rings. The maximum atomic E-state index is 12.4. The molecule has 2 aromatic heterocycles.